The molecule has 0 aromatic carbocycles. The number of aromatic nitrogens is 1. The predicted molar refractivity (Wildman–Crippen MR) is 76.8 cm³/mol. The standard InChI is InChI=1S/C12H18N2O2S2/c1-3-16-12(15)10-8(2)14-18-11(10)13-9-4-6-17-7-5-9/h9,13H,3-7H2,1-2H3. The molecule has 4 nitrogen and oxygen atoms in total. The van der Waals surface area contributed by atoms with Gasteiger partial charge in [-0.2, -0.15) is 16.1 Å². The van der Waals surface area contributed by atoms with Crippen LogP contribution in [0.5, 0.6) is 0 Å². The number of nitrogens with one attached hydrogen (secondary N) is 1. The molecule has 18 heavy (non-hydrogen) atoms. The van der Waals surface area contributed by atoms with E-state index < -0.39 is 0 Å². The highest BCUT2D eigenvalue weighted by atomic mass is 32.2. The fourth-order valence-electron chi connectivity index (χ4n) is 1.94. The molecule has 0 spiro atoms. The van der Waals surface area contributed by atoms with Crippen LogP contribution in [0.2, 0.25) is 0 Å². The normalized spacial score (nSPS) is 16.6. The molecule has 0 radical (unpaired) electrons. The molecule has 1 N–H and O–H groups in total. The first-order valence-electron chi connectivity index (χ1n) is 6.20. The number of hydrogen-bond donors (Lipinski definition) is 1. The summed E-state index contributed by atoms with van der Waals surface area (Å²) in [5, 5.41) is 4.32. The Balaban J connectivity index is 2.09. The zero-order valence-corrected chi connectivity index (χ0v) is 12.3. The van der Waals surface area contributed by atoms with Crippen molar-refractivity contribution in [3.63, 3.8) is 0 Å². The number of esters is 1. The molecule has 0 amide bonds. The van der Waals surface area contributed by atoms with Gasteiger partial charge < -0.3 is 10.1 Å². The number of nitrogens with zero attached hydrogens (tertiary/aromatic N) is 1. The fourth-order valence-corrected chi connectivity index (χ4v) is 3.91. The second-order valence-corrected chi connectivity index (χ2v) is 6.22. The van der Waals surface area contributed by atoms with E-state index in [-0.39, 0.29) is 5.97 Å². The zero-order chi connectivity index (χ0) is 13.0. The number of thioether (sulfide) groups is 1. The van der Waals surface area contributed by atoms with Crippen LogP contribution < -0.4 is 5.32 Å². The summed E-state index contributed by atoms with van der Waals surface area (Å²) in [6, 6.07) is 0.458. The highest BCUT2D eigenvalue weighted by Crippen LogP contribution is 2.28. The second kappa shape index (κ2) is 6.43. The van der Waals surface area contributed by atoms with Gasteiger partial charge in [-0.3, -0.25) is 0 Å². The van der Waals surface area contributed by atoms with Gasteiger partial charge in [0, 0.05) is 6.04 Å². The summed E-state index contributed by atoms with van der Waals surface area (Å²) in [5.41, 5.74) is 1.37. The molecular weight excluding hydrogens is 268 g/mol. The maximum Gasteiger partial charge on any atom is 0.343 e. The Morgan fingerprint density at radius 2 is 2.22 bits per heavy atom. The molecule has 1 aromatic rings. The molecule has 1 aliphatic rings. The van der Waals surface area contributed by atoms with E-state index in [2.05, 4.69) is 9.69 Å². The van der Waals surface area contributed by atoms with Gasteiger partial charge in [-0.05, 0) is 49.7 Å². The van der Waals surface area contributed by atoms with E-state index in [4.69, 9.17) is 4.74 Å². The number of aryl methyl sites for hydroxylation is 1. The lowest BCUT2D eigenvalue weighted by Gasteiger charge is -2.23. The van der Waals surface area contributed by atoms with Gasteiger partial charge in [-0.15, -0.1) is 0 Å². The van der Waals surface area contributed by atoms with E-state index in [1.807, 2.05) is 25.6 Å². The van der Waals surface area contributed by atoms with Gasteiger partial charge in [0.2, 0.25) is 0 Å². The molecule has 1 fully saturated rings. The molecule has 100 valence electrons. The van der Waals surface area contributed by atoms with E-state index in [1.165, 1.54) is 23.0 Å². The van der Waals surface area contributed by atoms with Crippen molar-refractivity contribution in [2.45, 2.75) is 32.7 Å². The lowest BCUT2D eigenvalue weighted by molar-refractivity contribution is 0.0527. The van der Waals surface area contributed by atoms with Gasteiger partial charge in [0.1, 0.15) is 10.6 Å². The van der Waals surface area contributed by atoms with Gasteiger partial charge >= 0.3 is 5.97 Å². The summed E-state index contributed by atoms with van der Waals surface area (Å²) in [5.74, 6) is 2.10. The third kappa shape index (κ3) is 3.17. The second-order valence-electron chi connectivity index (χ2n) is 4.22. The molecule has 0 bridgehead atoms. The highest BCUT2D eigenvalue weighted by Gasteiger charge is 2.22. The van der Waals surface area contributed by atoms with Crippen molar-refractivity contribution in [3.05, 3.63) is 11.3 Å². The zero-order valence-electron chi connectivity index (χ0n) is 10.7. The highest BCUT2D eigenvalue weighted by molar-refractivity contribution is 7.99. The van der Waals surface area contributed by atoms with Crippen LogP contribution in [-0.2, 0) is 4.74 Å². The van der Waals surface area contributed by atoms with Gasteiger partial charge in [-0.1, -0.05) is 0 Å². The number of ether oxygens (including phenoxy) is 1. The van der Waals surface area contributed by atoms with Crippen molar-refractivity contribution in [2.75, 3.05) is 23.4 Å². The Kier molecular flexibility index (Phi) is 4.88. The summed E-state index contributed by atoms with van der Waals surface area (Å²) in [6.45, 7) is 4.07. The number of hydrogen-bond acceptors (Lipinski definition) is 6. The van der Waals surface area contributed by atoms with Crippen LogP contribution >= 0.6 is 23.3 Å². The maximum atomic E-state index is 11.9. The van der Waals surface area contributed by atoms with Crippen molar-refractivity contribution in [2.24, 2.45) is 0 Å². The van der Waals surface area contributed by atoms with Crippen LogP contribution in [0.4, 0.5) is 5.00 Å². The summed E-state index contributed by atoms with van der Waals surface area (Å²) < 4.78 is 9.34. The Hall–Kier alpha value is -0.750. The van der Waals surface area contributed by atoms with Gasteiger partial charge in [0.05, 0.1) is 12.3 Å². The lowest BCUT2D eigenvalue weighted by Crippen LogP contribution is -2.25. The molecule has 1 aromatic heterocycles. The molecule has 0 aliphatic carbocycles. The molecule has 2 heterocycles. The molecule has 0 saturated carbocycles. The Bertz CT molecular complexity index is 414. The molecule has 2 rings (SSSR count). The first-order chi connectivity index (χ1) is 8.72. The van der Waals surface area contributed by atoms with Crippen molar-refractivity contribution in [3.8, 4) is 0 Å². The minimum absolute atomic E-state index is 0.267. The third-order valence-corrected chi connectivity index (χ3v) is 4.82. The lowest BCUT2D eigenvalue weighted by atomic mass is 10.1. The maximum absolute atomic E-state index is 11.9. The van der Waals surface area contributed by atoms with Crippen LogP contribution in [0.25, 0.3) is 0 Å². The van der Waals surface area contributed by atoms with Crippen LogP contribution in [0.3, 0.4) is 0 Å². The summed E-state index contributed by atoms with van der Waals surface area (Å²) in [4.78, 5) is 11.9. The minimum Gasteiger partial charge on any atom is -0.462 e. The topological polar surface area (TPSA) is 51.2 Å². The largest absolute Gasteiger partial charge is 0.462 e. The molecular formula is C12H18N2O2S2. The van der Waals surface area contributed by atoms with Gasteiger partial charge in [-0.25, -0.2) is 4.79 Å². The van der Waals surface area contributed by atoms with Crippen molar-refractivity contribution in [1.82, 2.24) is 4.37 Å². The van der Waals surface area contributed by atoms with Crippen LogP contribution in [0, 0.1) is 6.92 Å². The quantitative estimate of drug-likeness (QED) is 0.862. The Labute approximate surface area is 116 Å². The summed E-state index contributed by atoms with van der Waals surface area (Å²) >= 11 is 3.34. The van der Waals surface area contributed by atoms with Gasteiger partial charge in [0.25, 0.3) is 0 Å². The first-order valence-corrected chi connectivity index (χ1v) is 8.12. The van der Waals surface area contributed by atoms with E-state index in [9.17, 15) is 4.79 Å². The monoisotopic (exact) mass is 286 g/mol. The smallest absolute Gasteiger partial charge is 0.343 e. The molecule has 1 saturated heterocycles. The van der Waals surface area contributed by atoms with Crippen LogP contribution in [-0.4, -0.2) is 34.5 Å². The number of carbonyl (C=O) groups excluding carboxylic acids is 1. The average molecular weight is 286 g/mol. The minimum atomic E-state index is -0.267. The van der Waals surface area contributed by atoms with E-state index in [0.717, 1.165) is 23.5 Å². The van der Waals surface area contributed by atoms with Crippen molar-refractivity contribution >= 4 is 34.3 Å². The number of anilines is 1. The summed E-state index contributed by atoms with van der Waals surface area (Å²) in [7, 11) is 0. The predicted octanol–water partition coefficient (Wildman–Crippen LogP) is 2.94. The molecule has 0 unspecified atom stereocenters. The SMILES string of the molecule is CCOC(=O)c1c(C)nsc1NC1CCSCC1. The Morgan fingerprint density at radius 1 is 1.50 bits per heavy atom. The van der Waals surface area contributed by atoms with Crippen LogP contribution in [0.15, 0.2) is 0 Å². The molecule has 0 atom stereocenters. The first kappa shape index (κ1) is 13.7. The van der Waals surface area contributed by atoms with E-state index in [1.54, 1.807) is 0 Å². The van der Waals surface area contributed by atoms with Crippen molar-refractivity contribution in [1.29, 1.82) is 0 Å². The number of rotatable bonds is 4. The molecule has 1 aliphatic heterocycles. The van der Waals surface area contributed by atoms with E-state index in [0.29, 0.717) is 18.2 Å². The Morgan fingerprint density at radius 3 is 2.89 bits per heavy atom. The fraction of sp³-hybridized carbons (Fsp3) is 0.667. The van der Waals surface area contributed by atoms with Gasteiger partial charge in [0.15, 0.2) is 0 Å². The van der Waals surface area contributed by atoms with Crippen molar-refractivity contribution < 1.29 is 9.53 Å². The summed E-state index contributed by atoms with van der Waals surface area (Å²) in [6.07, 6.45) is 2.29. The third-order valence-electron chi connectivity index (χ3n) is 2.90. The molecule has 6 heteroatoms. The average Bonchev–Trinajstić information content (AvgIpc) is 2.72. The van der Waals surface area contributed by atoms with E-state index >= 15 is 0 Å². The van der Waals surface area contributed by atoms with Crippen LogP contribution in [0.1, 0.15) is 35.8 Å². The number of carbonyl (C=O) groups is 1.